The van der Waals surface area contributed by atoms with Crippen LogP contribution in [0.2, 0.25) is 0 Å². The molecule has 0 aliphatic rings. The molecule has 25 heavy (non-hydrogen) atoms. The summed E-state index contributed by atoms with van der Waals surface area (Å²) in [5.74, 6) is 0.197. The first kappa shape index (κ1) is 17.3. The summed E-state index contributed by atoms with van der Waals surface area (Å²) in [6, 6.07) is 14.6. The van der Waals surface area contributed by atoms with Gasteiger partial charge in [-0.05, 0) is 25.1 Å². The molecule has 3 rings (SSSR count). The maximum atomic E-state index is 13.2. The molecule has 0 saturated heterocycles. The highest BCUT2D eigenvalue weighted by molar-refractivity contribution is 7.89. The van der Waals surface area contributed by atoms with Crippen molar-refractivity contribution in [2.24, 2.45) is 0 Å². The van der Waals surface area contributed by atoms with Gasteiger partial charge >= 0.3 is 0 Å². The minimum atomic E-state index is -3.75. The third kappa shape index (κ3) is 3.94. The molecule has 2 aromatic carbocycles. The first-order valence-corrected chi connectivity index (χ1v) is 9.28. The molecular formula is C18H18FN3O2S. The number of imidazole rings is 1. The molecule has 0 fully saturated rings. The van der Waals surface area contributed by atoms with Gasteiger partial charge in [0.1, 0.15) is 11.6 Å². The number of rotatable bonds is 6. The van der Waals surface area contributed by atoms with Crippen LogP contribution in [0.1, 0.15) is 5.69 Å². The normalized spacial score (nSPS) is 11.6. The Morgan fingerprint density at radius 1 is 1.12 bits per heavy atom. The lowest BCUT2D eigenvalue weighted by Gasteiger charge is -2.12. The van der Waals surface area contributed by atoms with E-state index in [9.17, 15) is 12.8 Å². The van der Waals surface area contributed by atoms with E-state index in [-0.39, 0.29) is 11.4 Å². The Hall–Kier alpha value is -2.51. The topological polar surface area (TPSA) is 64.0 Å². The number of sulfonamides is 1. The van der Waals surface area contributed by atoms with E-state index in [0.717, 1.165) is 23.1 Å². The number of aryl methyl sites for hydroxylation is 1. The Morgan fingerprint density at radius 3 is 2.60 bits per heavy atom. The summed E-state index contributed by atoms with van der Waals surface area (Å²) in [4.78, 5) is 4.32. The summed E-state index contributed by atoms with van der Waals surface area (Å²) in [5.41, 5.74) is 1.90. The predicted molar refractivity (Wildman–Crippen MR) is 94.0 cm³/mol. The fraction of sp³-hybridized carbons (Fsp3) is 0.167. The van der Waals surface area contributed by atoms with Crippen molar-refractivity contribution in [1.82, 2.24) is 14.3 Å². The summed E-state index contributed by atoms with van der Waals surface area (Å²) in [5, 5.41) is 0. The Labute approximate surface area is 146 Å². The number of benzene rings is 2. The first-order chi connectivity index (χ1) is 12.0. The summed E-state index contributed by atoms with van der Waals surface area (Å²) in [6.45, 7) is 2.51. The van der Waals surface area contributed by atoms with E-state index < -0.39 is 15.8 Å². The molecule has 130 valence electrons. The average Bonchev–Trinajstić information content (AvgIpc) is 2.96. The number of hydrogen-bond acceptors (Lipinski definition) is 3. The second-order valence-electron chi connectivity index (χ2n) is 5.60. The van der Waals surface area contributed by atoms with Gasteiger partial charge in [-0.1, -0.05) is 36.4 Å². The zero-order valence-corrected chi connectivity index (χ0v) is 14.5. The highest BCUT2D eigenvalue weighted by Gasteiger charge is 2.15. The van der Waals surface area contributed by atoms with Gasteiger partial charge in [-0.3, -0.25) is 0 Å². The molecule has 7 heteroatoms. The fourth-order valence-corrected chi connectivity index (χ4v) is 3.62. The van der Waals surface area contributed by atoms with Crippen LogP contribution in [0.4, 0.5) is 4.39 Å². The summed E-state index contributed by atoms with van der Waals surface area (Å²) in [6.07, 6.45) is 1.75. The summed E-state index contributed by atoms with van der Waals surface area (Å²) in [7, 11) is -3.75. The van der Waals surface area contributed by atoms with E-state index in [1.54, 1.807) is 6.20 Å². The van der Waals surface area contributed by atoms with Crippen molar-refractivity contribution >= 4 is 10.0 Å². The number of halogens is 1. The maximum Gasteiger partial charge on any atom is 0.240 e. The molecule has 1 heterocycles. The standard InChI is InChI=1S/C18H18FN3O2S/c1-14-13-20-18(15-6-3-2-4-7-15)22(14)11-10-21-25(23,24)17-9-5-8-16(19)12-17/h2-9,12-13,21H,10-11H2,1H3. The zero-order valence-electron chi connectivity index (χ0n) is 13.7. The Kier molecular flexibility index (Phi) is 4.96. The van der Waals surface area contributed by atoms with Crippen molar-refractivity contribution < 1.29 is 12.8 Å². The van der Waals surface area contributed by atoms with Crippen LogP contribution >= 0.6 is 0 Å². The van der Waals surface area contributed by atoms with Crippen molar-refractivity contribution in [1.29, 1.82) is 0 Å². The number of hydrogen-bond donors (Lipinski definition) is 1. The lowest BCUT2D eigenvalue weighted by Crippen LogP contribution is -2.28. The molecule has 0 amide bonds. The minimum Gasteiger partial charge on any atom is -0.327 e. The molecule has 0 bridgehead atoms. The van der Waals surface area contributed by atoms with Crippen molar-refractivity contribution in [2.45, 2.75) is 18.4 Å². The van der Waals surface area contributed by atoms with Crippen LogP contribution in [-0.4, -0.2) is 24.5 Å². The van der Waals surface area contributed by atoms with Crippen LogP contribution in [0.25, 0.3) is 11.4 Å². The Balaban J connectivity index is 1.74. The van der Waals surface area contributed by atoms with Crippen LogP contribution in [0.3, 0.4) is 0 Å². The lowest BCUT2D eigenvalue weighted by molar-refractivity contribution is 0.569. The van der Waals surface area contributed by atoms with E-state index in [1.807, 2.05) is 41.8 Å². The first-order valence-electron chi connectivity index (χ1n) is 7.80. The third-order valence-electron chi connectivity index (χ3n) is 3.82. The van der Waals surface area contributed by atoms with Gasteiger partial charge in [0.2, 0.25) is 10.0 Å². The summed E-state index contributed by atoms with van der Waals surface area (Å²) < 4.78 is 42.2. The molecule has 0 atom stereocenters. The van der Waals surface area contributed by atoms with Crippen LogP contribution in [0, 0.1) is 12.7 Å². The number of nitrogens with zero attached hydrogens (tertiary/aromatic N) is 2. The highest BCUT2D eigenvalue weighted by atomic mass is 32.2. The number of aromatic nitrogens is 2. The SMILES string of the molecule is Cc1cnc(-c2ccccc2)n1CCNS(=O)(=O)c1cccc(F)c1. The number of nitrogens with one attached hydrogen (secondary N) is 1. The van der Waals surface area contributed by atoms with E-state index in [1.165, 1.54) is 18.2 Å². The molecule has 0 aliphatic carbocycles. The van der Waals surface area contributed by atoms with Crippen LogP contribution in [0.5, 0.6) is 0 Å². The molecule has 1 aromatic heterocycles. The van der Waals surface area contributed by atoms with Gasteiger partial charge in [0.15, 0.2) is 0 Å². The third-order valence-corrected chi connectivity index (χ3v) is 5.28. The lowest BCUT2D eigenvalue weighted by atomic mass is 10.2. The fourth-order valence-electron chi connectivity index (χ4n) is 2.57. The van der Waals surface area contributed by atoms with Gasteiger partial charge in [-0.25, -0.2) is 22.5 Å². The van der Waals surface area contributed by atoms with Gasteiger partial charge in [-0.15, -0.1) is 0 Å². The quantitative estimate of drug-likeness (QED) is 0.736. The van der Waals surface area contributed by atoms with Gasteiger partial charge in [0.05, 0.1) is 4.90 Å². The second kappa shape index (κ2) is 7.16. The second-order valence-corrected chi connectivity index (χ2v) is 7.36. The van der Waals surface area contributed by atoms with E-state index in [2.05, 4.69) is 9.71 Å². The average molecular weight is 359 g/mol. The zero-order chi connectivity index (χ0) is 17.9. The Bertz CT molecular complexity index is 969. The van der Waals surface area contributed by atoms with Crippen molar-refractivity contribution in [2.75, 3.05) is 6.54 Å². The largest absolute Gasteiger partial charge is 0.327 e. The van der Waals surface area contributed by atoms with Gasteiger partial charge in [0, 0.05) is 30.5 Å². The molecule has 0 saturated carbocycles. The molecule has 0 aliphatic heterocycles. The summed E-state index contributed by atoms with van der Waals surface area (Å²) >= 11 is 0. The van der Waals surface area contributed by atoms with Crippen molar-refractivity contribution in [3.63, 3.8) is 0 Å². The van der Waals surface area contributed by atoms with Gasteiger partial charge in [-0.2, -0.15) is 0 Å². The molecular weight excluding hydrogens is 341 g/mol. The Morgan fingerprint density at radius 2 is 1.88 bits per heavy atom. The smallest absolute Gasteiger partial charge is 0.240 e. The predicted octanol–water partition coefficient (Wildman–Crippen LogP) is 2.98. The molecule has 3 aromatic rings. The van der Waals surface area contributed by atoms with Gasteiger partial charge < -0.3 is 4.57 Å². The van der Waals surface area contributed by atoms with E-state index >= 15 is 0 Å². The van der Waals surface area contributed by atoms with Crippen molar-refractivity contribution in [3.8, 4) is 11.4 Å². The van der Waals surface area contributed by atoms with Gasteiger partial charge in [0.25, 0.3) is 0 Å². The highest BCUT2D eigenvalue weighted by Crippen LogP contribution is 2.19. The minimum absolute atomic E-state index is 0.0851. The van der Waals surface area contributed by atoms with E-state index in [4.69, 9.17) is 0 Å². The van der Waals surface area contributed by atoms with Crippen LogP contribution < -0.4 is 4.72 Å². The monoisotopic (exact) mass is 359 g/mol. The van der Waals surface area contributed by atoms with Crippen LogP contribution in [-0.2, 0) is 16.6 Å². The molecule has 0 spiro atoms. The van der Waals surface area contributed by atoms with Crippen LogP contribution in [0.15, 0.2) is 65.7 Å². The maximum absolute atomic E-state index is 13.2. The molecule has 5 nitrogen and oxygen atoms in total. The van der Waals surface area contributed by atoms with E-state index in [0.29, 0.717) is 6.54 Å². The molecule has 0 unspecified atom stereocenters. The van der Waals surface area contributed by atoms with Crippen molar-refractivity contribution in [3.05, 3.63) is 72.3 Å². The molecule has 0 radical (unpaired) electrons. The molecule has 1 N–H and O–H groups in total.